The number of nitrogens with zero attached hydrogens (tertiary/aromatic N) is 2. The lowest BCUT2D eigenvalue weighted by Gasteiger charge is -1.99. The Kier molecular flexibility index (Phi) is 3.45. The summed E-state index contributed by atoms with van der Waals surface area (Å²) in [6.45, 7) is 0. The molecule has 3 rings (SSSR count). The first-order valence-electron chi connectivity index (χ1n) is 5.92. The highest BCUT2D eigenvalue weighted by Crippen LogP contribution is 2.29. The predicted molar refractivity (Wildman–Crippen MR) is 81.3 cm³/mol. The van der Waals surface area contributed by atoms with E-state index >= 15 is 0 Å². The van der Waals surface area contributed by atoms with Crippen LogP contribution in [0.2, 0.25) is 10.0 Å². The molecular formula is C14H9Cl2N3O2. The molecule has 21 heavy (non-hydrogen) atoms. The number of aromatic nitrogens is 2. The molecule has 2 aromatic carbocycles. The van der Waals surface area contributed by atoms with Crippen LogP contribution in [0.3, 0.4) is 0 Å². The maximum atomic E-state index is 9.41. The van der Waals surface area contributed by atoms with Gasteiger partial charge in [0.2, 0.25) is 5.82 Å². The summed E-state index contributed by atoms with van der Waals surface area (Å²) in [5, 5.41) is 14.3. The van der Waals surface area contributed by atoms with Crippen molar-refractivity contribution in [1.82, 2.24) is 10.1 Å². The lowest BCUT2D eigenvalue weighted by Crippen LogP contribution is -1.87. The molecule has 0 unspecified atom stereocenters. The fourth-order valence-corrected chi connectivity index (χ4v) is 2.35. The summed E-state index contributed by atoms with van der Waals surface area (Å²) < 4.78 is 5.20. The highest BCUT2D eigenvalue weighted by atomic mass is 35.5. The lowest BCUT2D eigenvalue weighted by atomic mass is 10.2. The van der Waals surface area contributed by atoms with Crippen molar-refractivity contribution in [3.05, 3.63) is 46.4 Å². The minimum absolute atomic E-state index is 0.000104. The molecule has 0 aliphatic heterocycles. The number of benzene rings is 2. The summed E-state index contributed by atoms with van der Waals surface area (Å²) in [6, 6.07) is 9.64. The van der Waals surface area contributed by atoms with Crippen molar-refractivity contribution < 1.29 is 9.63 Å². The summed E-state index contributed by atoms with van der Waals surface area (Å²) in [6.07, 6.45) is 0. The molecule has 3 N–H and O–H groups in total. The molecular weight excluding hydrogens is 313 g/mol. The van der Waals surface area contributed by atoms with E-state index < -0.39 is 0 Å². The summed E-state index contributed by atoms with van der Waals surface area (Å²) >= 11 is 11.9. The third-order valence-electron chi connectivity index (χ3n) is 2.82. The fourth-order valence-electron chi connectivity index (χ4n) is 1.83. The number of nitrogens with two attached hydrogens (primary N) is 1. The minimum atomic E-state index is 0.000104. The van der Waals surface area contributed by atoms with Crippen LogP contribution in [0.25, 0.3) is 22.8 Å². The van der Waals surface area contributed by atoms with Crippen molar-refractivity contribution in [2.75, 3.05) is 5.73 Å². The number of phenols is 1. The molecule has 0 radical (unpaired) electrons. The monoisotopic (exact) mass is 321 g/mol. The average molecular weight is 322 g/mol. The molecule has 0 saturated carbocycles. The predicted octanol–water partition coefficient (Wildman–Crippen LogP) is 4.00. The zero-order valence-electron chi connectivity index (χ0n) is 10.5. The zero-order chi connectivity index (χ0) is 15.0. The van der Waals surface area contributed by atoms with Crippen LogP contribution in [0.15, 0.2) is 40.9 Å². The van der Waals surface area contributed by atoms with Gasteiger partial charge in [0.25, 0.3) is 5.89 Å². The van der Waals surface area contributed by atoms with Gasteiger partial charge in [-0.2, -0.15) is 4.98 Å². The maximum Gasteiger partial charge on any atom is 0.258 e. The molecule has 0 spiro atoms. The second-order valence-electron chi connectivity index (χ2n) is 4.35. The third kappa shape index (κ3) is 2.79. The van der Waals surface area contributed by atoms with Gasteiger partial charge in [0, 0.05) is 21.2 Å². The second kappa shape index (κ2) is 5.27. The molecule has 5 nitrogen and oxygen atoms in total. The standard InChI is InChI=1S/C14H9Cl2N3O2/c15-9-3-8(4-10(16)6-9)13-18-14(21-19-13)7-1-2-12(20)11(17)5-7/h1-6,20H,17H2. The first-order chi connectivity index (χ1) is 10.0. The fraction of sp³-hybridized carbons (Fsp3) is 0. The van der Waals surface area contributed by atoms with E-state index in [1.54, 1.807) is 30.3 Å². The van der Waals surface area contributed by atoms with E-state index in [-0.39, 0.29) is 17.3 Å². The highest BCUT2D eigenvalue weighted by molar-refractivity contribution is 6.35. The van der Waals surface area contributed by atoms with E-state index in [2.05, 4.69) is 10.1 Å². The van der Waals surface area contributed by atoms with Crippen LogP contribution in [0, 0.1) is 0 Å². The van der Waals surface area contributed by atoms with E-state index in [9.17, 15) is 5.11 Å². The van der Waals surface area contributed by atoms with Gasteiger partial charge >= 0.3 is 0 Å². The molecule has 3 aromatic rings. The molecule has 1 aromatic heterocycles. The van der Waals surface area contributed by atoms with Crippen molar-refractivity contribution in [3.8, 4) is 28.6 Å². The van der Waals surface area contributed by atoms with Gasteiger partial charge in [-0.05, 0) is 36.4 Å². The van der Waals surface area contributed by atoms with Gasteiger partial charge in [-0.1, -0.05) is 28.4 Å². The van der Waals surface area contributed by atoms with Gasteiger partial charge in [-0.15, -0.1) is 0 Å². The van der Waals surface area contributed by atoms with Gasteiger partial charge in [0.05, 0.1) is 5.69 Å². The van der Waals surface area contributed by atoms with Crippen LogP contribution < -0.4 is 5.73 Å². The van der Waals surface area contributed by atoms with Gasteiger partial charge in [0.15, 0.2) is 0 Å². The highest BCUT2D eigenvalue weighted by Gasteiger charge is 2.12. The van der Waals surface area contributed by atoms with Gasteiger partial charge in [0.1, 0.15) is 5.75 Å². The van der Waals surface area contributed by atoms with Crippen molar-refractivity contribution in [2.24, 2.45) is 0 Å². The molecule has 0 aliphatic carbocycles. The van der Waals surface area contributed by atoms with Crippen LogP contribution >= 0.6 is 23.2 Å². The van der Waals surface area contributed by atoms with E-state index in [0.29, 0.717) is 27.0 Å². The Labute approximate surface area is 129 Å². The summed E-state index contributed by atoms with van der Waals surface area (Å²) in [5.74, 6) is 0.647. The SMILES string of the molecule is Nc1cc(-c2nc(-c3cc(Cl)cc(Cl)c3)no2)ccc1O. The van der Waals surface area contributed by atoms with Gasteiger partial charge in [-0.25, -0.2) is 0 Å². The van der Waals surface area contributed by atoms with Crippen LogP contribution in [-0.4, -0.2) is 15.2 Å². The Morgan fingerprint density at radius 2 is 1.71 bits per heavy atom. The summed E-state index contributed by atoms with van der Waals surface area (Å²) in [4.78, 5) is 4.27. The Morgan fingerprint density at radius 1 is 1.00 bits per heavy atom. The molecule has 0 amide bonds. The molecule has 0 saturated heterocycles. The van der Waals surface area contributed by atoms with Gasteiger partial charge < -0.3 is 15.4 Å². The molecule has 0 bridgehead atoms. The van der Waals surface area contributed by atoms with E-state index in [1.807, 2.05) is 0 Å². The third-order valence-corrected chi connectivity index (χ3v) is 3.26. The molecule has 0 aliphatic rings. The molecule has 0 atom stereocenters. The van der Waals surface area contributed by atoms with E-state index in [4.69, 9.17) is 33.5 Å². The van der Waals surface area contributed by atoms with Crippen molar-refractivity contribution >= 4 is 28.9 Å². The number of hydrogen-bond acceptors (Lipinski definition) is 5. The van der Waals surface area contributed by atoms with Crippen molar-refractivity contribution in [3.63, 3.8) is 0 Å². The second-order valence-corrected chi connectivity index (χ2v) is 5.23. The quantitative estimate of drug-likeness (QED) is 0.550. The molecule has 106 valence electrons. The van der Waals surface area contributed by atoms with Crippen LogP contribution in [0.4, 0.5) is 5.69 Å². The van der Waals surface area contributed by atoms with E-state index in [0.717, 1.165) is 0 Å². The molecule has 1 heterocycles. The Balaban J connectivity index is 2.01. The summed E-state index contributed by atoms with van der Waals surface area (Å²) in [5.41, 5.74) is 7.13. The number of phenolic OH excluding ortho intramolecular Hbond substituents is 1. The van der Waals surface area contributed by atoms with Gasteiger partial charge in [-0.3, -0.25) is 0 Å². The Hall–Kier alpha value is -2.24. The molecule has 0 fully saturated rings. The normalized spacial score (nSPS) is 10.8. The Morgan fingerprint density at radius 3 is 2.38 bits per heavy atom. The number of hydrogen-bond donors (Lipinski definition) is 2. The van der Waals surface area contributed by atoms with Crippen molar-refractivity contribution in [1.29, 1.82) is 0 Å². The first-order valence-corrected chi connectivity index (χ1v) is 6.67. The maximum absolute atomic E-state index is 9.41. The first kappa shape index (κ1) is 13.7. The van der Waals surface area contributed by atoms with Crippen LogP contribution in [-0.2, 0) is 0 Å². The minimum Gasteiger partial charge on any atom is -0.506 e. The molecule has 7 heteroatoms. The Bertz CT molecular complexity index is 797. The zero-order valence-corrected chi connectivity index (χ0v) is 12.1. The number of halogens is 2. The average Bonchev–Trinajstić information content (AvgIpc) is 2.90. The van der Waals surface area contributed by atoms with Crippen molar-refractivity contribution in [2.45, 2.75) is 0 Å². The number of rotatable bonds is 2. The smallest absolute Gasteiger partial charge is 0.258 e. The summed E-state index contributed by atoms with van der Waals surface area (Å²) in [7, 11) is 0. The van der Waals surface area contributed by atoms with E-state index in [1.165, 1.54) is 6.07 Å². The number of anilines is 1. The van der Waals surface area contributed by atoms with Crippen LogP contribution in [0.1, 0.15) is 0 Å². The largest absolute Gasteiger partial charge is 0.506 e. The lowest BCUT2D eigenvalue weighted by molar-refractivity contribution is 0.432. The topological polar surface area (TPSA) is 85.2 Å². The number of aromatic hydroxyl groups is 1. The number of nitrogen functional groups attached to an aromatic ring is 1. The van der Waals surface area contributed by atoms with Crippen LogP contribution in [0.5, 0.6) is 5.75 Å².